The van der Waals surface area contributed by atoms with Crippen molar-refractivity contribution in [2.45, 2.75) is 20.3 Å². The Morgan fingerprint density at radius 1 is 1.53 bits per heavy atom. The van der Waals surface area contributed by atoms with Gasteiger partial charge in [-0.2, -0.15) is 0 Å². The number of esters is 1. The van der Waals surface area contributed by atoms with E-state index in [0.717, 1.165) is 0 Å². The van der Waals surface area contributed by atoms with Crippen molar-refractivity contribution < 1.29 is 23.0 Å². The summed E-state index contributed by atoms with van der Waals surface area (Å²) >= 11 is 0. The van der Waals surface area contributed by atoms with E-state index in [9.17, 15) is 13.6 Å². The summed E-state index contributed by atoms with van der Waals surface area (Å²) in [7, 11) is 1.24. The minimum atomic E-state index is -2.83. The van der Waals surface area contributed by atoms with Crippen molar-refractivity contribution in [2.75, 3.05) is 13.7 Å². The fourth-order valence-electron chi connectivity index (χ4n) is 1.45. The van der Waals surface area contributed by atoms with Gasteiger partial charge < -0.3 is 9.47 Å². The molecule has 4 nitrogen and oxygen atoms in total. The fourth-order valence-corrected chi connectivity index (χ4v) is 1.45. The van der Waals surface area contributed by atoms with Crippen LogP contribution >= 0.6 is 0 Å². The molecular weight excluding hydrogens is 232 g/mol. The van der Waals surface area contributed by atoms with Gasteiger partial charge in [0.25, 0.3) is 6.43 Å². The topological polar surface area (TPSA) is 48.4 Å². The summed E-state index contributed by atoms with van der Waals surface area (Å²) in [5.74, 6) is -0.930. The molecule has 0 spiro atoms. The minimum Gasteiger partial charge on any atom is -0.495 e. The number of halogens is 2. The summed E-state index contributed by atoms with van der Waals surface area (Å²) in [6.07, 6.45) is -1.66. The number of hydrogen-bond donors (Lipinski definition) is 0. The molecule has 1 aromatic rings. The van der Waals surface area contributed by atoms with Crippen molar-refractivity contribution in [1.82, 2.24) is 4.98 Å². The number of methoxy groups -OCH3 is 1. The van der Waals surface area contributed by atoms with E-state index in [2.05, 4.69) is 4.98 Å². The van der Waals surface area contributed by atoms with Crippen LogP contribution in [0.5, 0.6) is 5.75 Å². The van der Waals surface area contributed by atoms with Gasteiger partial charge >= 0.3 is 5.97 Å². The molecule has 1 aromatic heterocycles. The van der Waals surface area contributed by atoms with Gasteiger partial charge in [-0.25, -0.2) is 13.6 Å². The Bertz CT molecular complexity index is 421. The molecule has 1 rings (SSSR count). The quantitative estimate of drug-likeness (QED) is 0.765. The van der Waals surface area contributed by atoms with Crippen LogP contribution in [0.1, 0.15) is 35.0 Å². The highest BCUT2D eigenvalue weighted by atomic mass is 19.3. The van der Waals surface area contributed by atoms with Crippen LogP contribution in [0.15, 0.2) is 6.20 Å². The number of hydrogen-bond acceptors (Lipinski definition) is 4. The van der Waals surface area contributed by atoms with Gasteiger partial charge in [-0.05, 0) is 13.8 Å². The number of carbonyl (C=O) groups excluding carboxylic acids is 1. The first-order valence-corrected chi connectivity index (χ1v) is 5.01. The molecule has 0 N–H and O–H groups in total. The van der Waals surface area contributed by atoms with E-state index in [4.69, 9.17) is 9.47 Å². The molecule has 6 heteroatoms. The lowest BCUT2D eigenvalue weighted by molar-refractivity contribution is 0.0512. The Hall–Kier alpha value is -1.72. The van der Waals surface area contributed by atoms with Gasteiger partial charge in [0.15, 0.2) is 0 Å². The van der Waals surface area contributed by atoms with Crippen LogP contribution in [-0.4, -0.2) is 24.7 Å². The van der Waals surface area contributed by atoms with Crippen molar-refractivity contribution in [3.8, 4) is 5.75 Å². The highest BCUT2D eigenvalue weighted by Gasteiger charge is 2.26. The van der Waals surface area contributed by atoms with Crippen molar-refractivity contribution in [1.29, 1.82) is 0 Å². The summed E-state index contributed by atoms with van der Waals surface area (Å²) in [5, 5.41) is 0. The number of carbonyl (C=O) groups is 1. The summed E-state index contributed by atoms with van der Waals surface area (Å²) in [4.78, 5) is 15.4. The molecule has 94 valence electrons. The van der Waals surface area contributed by atoms with Gasteiger partial charge in [-0.1, -0.05) is 0 Å². The zero-order valence-electron chi connectivity index (χ0n) is 9.79. The second-order valence-electron chi connectivity index (χ2n) is 3.22. The van der Waals surface area contributed by atoms with Crippen molar-refractivity contribution >= 4 is 5.97 Å². The summed E-state index contributed by atoms with van der Waals surface area (Å²) in [6.45, 7) is 3.18. The standard InChI is InChI=1S/C11H13F2NO3/c1-4-17-11(15)8-6(2)14-5-7(16-3)9(8)10(12)13/h5,10H,4H2,1-3H3. The number of ether oxygens (including phenoxy) is 2. The number of aryl methyl sites for hydroxylation is 1. The van der Waals surface area contributed by atoms with Crippen LogP contribution in [0.3, 0.4) is 0 Å². The van der Waals surface area contributed by atoms with Gasteiger partial charge in [0, 0.05) is 0 Å². The predicted octanol–water partition coefficient (Wildman–Crippen LogP) is 2.51. The molecule has 17 heavy (non-hydrogen) atoms. The largest absolute Gasteiger partial charge is 0.495 e. The Kier molecular flexibility index (Phi) is 4.37. The van der Waals surface area contributed by atoms with Gasteiger partial charge in [-0.3, -0.25) is 4.98 Å². The summed E-state index contributed by atoms with van der Waals surface area (Å²) in [6, 6.07) is 0. The molecule has 0 aliphatic rings. The fraction of sp³-hybridized carbons (Fsp3) is 0.455. The van der Waals surface area contributed by atoms with Crippen LogP contribution in [0.2, 0.25) is 0 Å². The van der Waals surface area contributed by atoms with Gasteiger partial charge in [0.05, 0.1) is 36.7 Å². The average Bonchev–Trinajstić information content (AvgIpc) is 2.28. The van der Waals surface area contributed by atoms with E-state index in [-0.39, 0.29) is 23.6 Å². The van der Waals surface area contributed by atoms with E-state index >= 15 is 0 Å². The smallest absolute Gasteiger partial charge is 0.340 e. The maximum atomic E-state index is 12.9. The first kappa shape index (κ1) is 13.3. The zero-order chi connectivity index (χ0) is 13.0. The van der Waals surface area contributed by atoms with Gasteiger partial charge in [-0.15, -0.1) is 0 Å². The molecule has 0 aliphatic heterocycles. The first-order chi connectivity index (χ1) is 8.02. The van der Waals surface area contributed by atoms with Crippen LogP contribution in [-0.2, 0) is 4.74 Å². The molecule has 0 radical (unpaired) electrons. The second kappa shape index (κ2) is 5.56. The minimum absolute atomic E-state index is 0.109. The lowest BCUT2D eigenvalue weighted by Gasteiger charge is -2.13. The molecule has 0 unspecified atom stereocenters. The van der Waals surface area contributed by atoms with Crippen molar-refractivity contribution in [3.05, 3.63) is 23.0 Å². The highest BCUT2D eigenvalue weighted by Crippen LogP contribution is 2.33. The lowest BCUT2D eigenvalue weighted by atomic mass is 10.1. The monoisotopic (exact) mass is 245 g/mol. The van der Waals surface area contributed by atoms with Crippen LogP contribution in [0, 0.1) is 6.92 Å². The van der Waals surface area contributed by atoms with E-state index in [1.54, 1.807) is 6.92 Å². The van der Waals surface area contributed by atoms with Crippen LogP contribution in [0.25, 0.3) is 0 Å². The Labute approximate surface area is 97.6 Å². The average molecular weight is 245 g/mol. The SMILES string of the molecule is CCOC(=O)c1c(C)ncc(OC)c1C(F)F. The zero-order valence-corrected chi connectivity index (χ0v) is 9.79. The number of rotatable bonds is 4. The summed E-state index contributed by atoms with van der Waals surface area (Å²) < 4.78 is 35.4. The lowest BCUT2D eigenvalue weighted by Crippen LogP contribution is -2.13. The van der Waals surface area contributed by atoms with E-state index in [1.807, 2.05) is 0 Å². The Morgan fingerprint density at radius 3 is 2.65 bits per heavy atom. The molecular formula is C11H13F2NO3. The van der Waals surface area contributed by atoms with E-state index in [0.29, 0.717) is 0 Å². The van der Waals surface area contributed by atoms with Gasteiger partial charge in [0.1, 0.15) is 5.75 Å². The molecule has 0 saturated carbocycles. The van der Waals surface area contributed by atoms with Gasteiger partial charge in [0.2, 0.25) is 0 Å². The number of pyridine rings is 1. The molecule has 0 amide bonds. The molecule has 0 bridgehead atoms. The summed E-state index contributed by atoms with van der Waals surface area (Å²) in [5.41, 5.74) is -0.501. The number of aromatic nitrogens is 1. The maximum Gasteiger partial charge on any atom is 0.340 e. The van der Waals surface area contributed by atoms with E-state index < -0.39 is 18.0 Å². The third kappa shape index (κ3) is 2.69. The van der Waals surface area contributed by atoms with Crippen molar-refractivity contribution in [3.63, 3.8) is 0 Å². The predicted molar refractivity (Wildman–Crippen MR) is 56.4 cm³/mol. The van der Waals surface area contributed by atoms with Crippen molar-refractivity contribution in [2.24, 2.45) is 0 Å². The van der Waals surface area contributed by atoms with Crippen LogP contribution < -0.4 is 4.74 Å². The second-order valence-corrected chi connectivity index (χ2v) is 3.22. The first-order valence-electron chi connectivity index (χ1n) is 5.01. The highest BCUT2D eigenvalue weighted by molar-refractivity contribution is 5.93. The molecule has 0 aliphatic carbocycles. The normalized spacial score (nSPS) is 10.5. The molecule has 0 atom stereocenters. The molecule has 0 saturated heterocycles. The maximum absolute atomic E-state index is 12.9. The number of nitrogens with zero attached hydrogens (tertiary/aromatic N) is 1. The molecule has 0 fully saturated rings. The Balaban J connectivity index is 3.38. The third-order valence-corrected chi connectivity index (χ3v) is 2.19. The Morgan fingerprint density at radius 2 is 2.18 bits per heavy atom. The van der Waals surface area contributed by atoms with Crippen LogP contribution in [0.4, 0.5) is 8.78 Å². The molecule has 0 aromatic carbocycles. The molecule has 1 heterocycles. The van der Waals surface area contributed by atoms with E-state index in [1.165, 1.54) is 20.2 Å². The number of alkyl halides is 2. The third-order valence-electron chi connectivity index (χ3n) is 2.19.